The molecule has 1 unspecified atom stereocenters. The highest BCUT2D eigenvalue weighted by atomic mass is 16.6. The van der Waals surface area contributed by atoms with E-state index in [1.807, 2.05) is 0 Å². The Hall–Kier alpha value is -1.26. The Morgan fingerprint density at radius 1 is 0.792 bits per heavy atom. The zero-order valence-electron chi connectivity index (χ0n) is 16.1. The number of esters is 1. The van der Waals surface area contributed by atoms with Crippen LogP contribution in [0.15, 0.2) is 0 Å². The lowest BCUT2D eigenvalue weighted by atomic mass is 10.1. The topological polar surface area (TPSA) is 55.8 Å². The van der Waals surface area contributed by atoms with Crippen LogP contribution in [0, 0.1) is 0 Å². The van der Waals surface area contributed by atoms with Crippen LogP contribution in [-0.2, 0) is 14.3 Å². The molecular formula is C19H37NO4. The van der Waals surface area contributed by atoms with Gasteiger partial charge in [-0.15, -0.1) is 0 Å². The van der Waals surface area contributed by atoms with Crippen molar-refractivity contribution in [1.29, 1.82) is 0 Å². The Balaban J connectivity index is 3.81. The Labute approximate surface area is 148 Å². The third kappa shape index (κ3) is 11.3. The number of likely N-dealkylation sites (N-methyl/N-ethyl adjacent to an activating group) is 1. The molecule has 1 atom stereocenters. The number of ether oxygens (including phenoxy) is 2. The number of carbonyl (C=O) groups is 2. The zero-order valence-corrected chi connectivity index (χ0v) is 16.1. The van der Waals surface area contributed by atoms with Crippen molar-refractivity contribution in [3.8, 4) is 0 Å². The van der Waals surface area contributed by atoms with Gasteiger partial charge in [-0.1, -0.05) is 65.2 Å². The van der Waals surface area contributed by atoms with Crippen LogP contribution < -0.4 is 0 Å². The molecule has 0 fully saturated rings. The standard InChI is InChI=1S/C19H37NO4/c1-5-7-9-11-12-14-15-23-18(21)17(3)20(4)19(22)24-16-13-10-8-6-2/h17H,5-16H2,1-4H3. The fourth-order valence-electron chi connectivity index (χ4n) is 2.28. The van der Waals surface area contributed by atoms with Crippen LogP contribution in [0.1, 0.15) is 85.0 Å². The Bertz CT molecular complexity index is 333. The summed E-state index contributed by atoms with van der Waals surface area (Å²) in [5.41, 5.74) is 0. The van der Waals surface area contributed by atoms with E-state index in [0.717, 1.165) is 38.5 Å². The summed E-state index contributed by atoms with van der Waals surface area (Å²) in [4.78, 5) is 25.2. The quantitative estimate of drug-likeness (QED) is 0.331. The first-order chi connectivity index (χ1) is 11.5. The maximum atomic E-state index is 12.0. The number of hydrogen-bond donors (Lipinski definition) is 0. The second kappa shape index (κ2) is 15.3. The maximum Gasteiger partial charge on any atom is 0.410 e. The van der Waals surface area contributed by atoms with Crippen molar-refractivity contribution in [1.82, 2.24) is 4.90 Å². The van der Waals surface area contributed by atoms with Crippen LogP contribution in [0.3, 0.4) is 0 Å². The molecule has 142 valence electrons. The first kappa shape index (κ1) is 22.7. The molecule has 0 aliphatic rings. The molecule has 0 aromatic rings. The molecule has 0 rings (SSSR count). The van der Waals surface area contributed by atoms with Gasteiger partial charge in [0.25, 0.3) is 0 Å². The number of unbranched alkanes of at least 4 members (excludes halogenated alkanes) is 8. The Morgan fingerprint density at radius 3 is 1.83 bits per heavy atom. The zero-order chi connectivity index (χ0) is 18.2. The average molecular weight is 344 g/mol. The molecule has 0 aliphatic heterocycles. The summed E-state index contributed by atoms with van der Waals surface area (Å²) in [5.74, 6) is -0.367. The molecule has 0 N–H and O–H groups in total. The van der Waals surface area contributed by atoms with Crippen LogP contribution in [0.2, 0.25) is 0 Å². The van der Waals surface area contributed by atoms with Crippen molar-refractivity contribution in [2.45, 2.75) is 91.0 Å². The van der Waals surface area contributed by atoms with Gasteiger partial charge in [-0.25, -0.2) is 9.59 Å². The third-order valence-electron chi connectivity index (χ3n) is 4.18. The molecule has 0 aromatic carbocycles. The molecule has 0 saturated carbocycles. The fraction of sp³-hybridized carbons (Fsp3) is 0.895. The van der Waals surface area contributed by atoms with Crippen molar-refractivity contribution < 1.29 is 19.1 Å². The summed E-state index contributed by atoms with van der Waals surface area (Å²) in [6, 6.07) is -0.617. The summed E-state index contributed by atoms with van der Waals surface area (Å²) in [6.07, 6.45) is 10.6. The van der Waals surface area contributed by atoms with E-state index in [4.69, 9.17) is 9.47 Å². The first-order valence-corrected chi connectivity index (χ1v) is 9.60. The molecule has 0 saturated heterocycles. The van der Waals surface area contributed by atoms with Gasteiger partial charge >= 0.3 is 12.1 Å². The highest BCUT2D eigenvalue weighted by Gasteiger charge is 2.24. The molecule has 1 amide bonds. The monoisotopic (exact) mass is 343 g/mol. The highest BCUT2D eigenvalue weighted by Crippen LogP contribution is 2.07. The van der Waals surface area contributed by atoms with Gasteiger partial charge in [0.05, 0.1) is 13.2 Å². The van der Waals surface area contributed by atoms with Crippen LogP contribution >= 0.6 is 0 Å². The predicted octanol–water partition coefficient (Wildman–Crippen LogP) is 4.93. The summed E-state index contributed by atoms with van der Waals surface area (Å²) in [6.45, 7) is 6.83. The summed E-state index contributed by atoms with van der Waals surface area (Å²) >= 11 is 0. The number of carbonyl (C=O) groups excluding carboxylic acids is 2. The van der Waals surface area contributed by atoms with E-state index in [-0.39, 0.29) is 5.97 Å². The van der Waals surface area contributed by atoms with Crippen molar-refractivity contribution >= 4 is 12.1 Å². The molecule has 0 aliphatic carbocycles. The average Bonchev–Trinajstić information content (AvgIpc) is 2.59. The second-order valence-corrected chi connectivity index (χ2v) is 6.40. The minimum absolute atomic E-state index is 0.367. The third-order valence-corrected chi connectivity index (χ3v) is 4.18. The number of hydrogen-bond acceptors (Lipinski definition) is 4. The van der Waals surface area contributed by atoms with E-state index in [9.17, 15) is 9.59 Å². The van der Waals surface area contributed by atoms with Gasteiger partial charge in [0.2, 0.25) is 0 Å². The van der Waals surface area contributed by atoms with Gasteiger partial charge in [-0.2, -0.15) is 0 Å². The van der Waals surface area contributed by atoms with E-state index in [2.05, 4.69) is 13.8 Å². The van der Waals surface area contributed by atoms with Crippen LogP contribution in [0.5, 0.6) is 0 Å². The molecule has 24 heavy (non-hydrogen) atoms. The van der Waals surface area contributed by atoms with E-state index in [0.29, 0.717) is 13.2 Å². The lowest BCUT2D eigenvalue weighted by molar-refractivity contribution is -0.148. The highest BCUT2D eigenvalue weighted by molar-refractivity contribution is 5.80. The van der Waals surface area contributed by atoms with E-state index >= 15 is 0 Å². The lowest BCUT2D eigenvalue weighted by Crippen LogP contribution is -2.41. The van der Waals surface area contributed by atoms with Crippen LogP contribution in [0.4, 0.5) is 4.79 Å². The molecule has 5 nitrogen and oxygen atoms in total. The van der Waals surface area contributed by atoms with Gasteiger partial charge in [0.15, 0.2) is 0 Å². The molecule has 5 heteroatoms. The van der Waals surface area contributed by atoms with Crippen molar-refractivity contribution in [2.75, 3.05) is 20.3 Å². The lowest BCUT2D eigenvalue weighted by Gasteiger charge is -2.22. The van der Waals surface area contributed by atoms with E-state index in [1.165, 1.54) is 30.6 Å². The van der Waals surface area contributed by atoms with Gasteiger partial charge < -0.3 is 9.47 Å². The van der Waals surface area contributed by atoms with Gasteiger partial charge in [-0.3, -0.25) is 4.90 Å². The second-order valence-electron chi connectivity index (χ2n) is 6.40. The molecule has 0 spiro atoms. The fourth-order valence-corrected chi connectivity index (χ4v) is 2.28. The molecule has 0 bridgehead atoms. The van der Waals surface area contributed by atoms with Crippen LogP contribution in [-0.4, -0.2) is 43.3 Å². The summed E-state index contributed by atoms with van der Waals surface area (Å²) in [5, 5.41) is 0. The normalized spacial score (nSPS) is 11.8. The van der Waals surface area contributed by atoms with Crippen molar-refractivity contribution in [3.63, 3.8) is 0 Å². The van der Waals surface area contributed by atoms with Crippen molar-refractivity contribution in [3.05, 3.63) is 0 Å². The van der Waals surface area contributed by atoms with Gasteiger partial charge in [0, 0.05) is 7.05 Å². The largest absolute Gasteiger partial charge is 0.464 e. The van der Waals surface area contributed by atoms with Gasteiger partial charge in [-0.05, 0) is 19.8 Å². The summed E-state index contributed by atoms with van der Waals surface area (Å²) in [7, 11) is 1.57. The number of rotatable bonds is 14. The van der Waals surface area contributed by atoms with Crippen molar-refractivity contribution in [2.24, 2.45) is 0 Å². The predicted molar refractivity (Wildman–Crippen MR) is 97.1 cm³/mol. The first-order valence-electron chi connectivity index (χ1n) is 9.60. The maximum absolute atomic E-state index is 12.0. The van der Waals surface area contributed by atoms with E-state index in [1.54, 1.807) is 14.0 Å². The van der Waals surface area contributed by atoms with Gasteiger partial charge in [0.1, 0.15) is 6.04 Å². The molecular weight excluding hydrogens is 306 g/mol. The van der Waals surface area contributed by atoms with E-state index < -0.39 is 12.1 Å². The number of nitrogens with zero attached hydrogens (tertiary/aromatic N) is 1. The minimum atomic E-state index is -0.617. The Morgan fingerprint density at radius 2 is 1.25 bits per heavy atom. The molecule has 0 aromatic heterocycles. The minimum Gasteiger partial charge on any atom is -0.464 e. The molecule has 0 radical (unpaired) electrons. The Kier molecular flexibility index (Phi) is 14.5. The van der Waals surface area contributed by atoms with Crippen LogP contribution in [0.25, 0.3) is 0 Å². The number of amides is 1. The molecule has 0 heterocycles. The summed E-state index contributed by atoms with van der Waals surface area (Å²) < 4.78 is 10.4. The SMILES string of the molecule is CCCCCCCCOC(=O)C(C)N(C)C(=O)OCCCCCC. The smallest absolute Gasteiger partial charge is 0.410 e.